The summed E-state index contributed by atoms with van der Waals surface area (Å²) in [7, 11) is 8.22. The molecule has 0 saturated carbocycles. The number of benzene rings is 2. The van der Waals surface area contributed by atoms with E-state index in [1.54, 1.807) is 42.5 Å². The number of hydrogen-bond acceptors (Lipinski definition) is 8. The van der Waals surface area contributed by atoms with Crippen LogP contribution in [0.3, 0.4) is 0 Å². The number of Topliss-reactive ketones (excluding diaryl/α,β-unsaturated/α-hetero) is 1. The predicted octanol–water partition coefficient (Wildman–Crippen LogP) is 3.26. The van der Waals surface area contributed by atoms with Crippen molar-refractivity contribution < 1.29 is 33.6 Å². The fourth-order valence-corrected chi connectivity index (χ4v) is 4.04. The fraction of sp³-hybridized carbons (Fsp3) is 0.333. The van der Waals surface area contributed by atoms with Crippen LogP contribution in [-0.2, 0) is 9.59 Å². The molecule has 9 heteroatoms. The molecule has 9 nitrogen and oxygen atoms in total. The molecule has 0 bridgehead atoms. The molecule has 0 aromatic heterocycles. The number of nitrogens with zero attached hydrogens (tertiary/aromatic N) is 2. The summed E-state index contributed by atoms with van der Waals surface area (Å²) in [4.78, 5) is 29.8. The largest absolute Gasteiger partial charge is 0.507 e. The molecule has 1 aliphatic rings. The van der Waals surface area contributed by atoms with E-state index in [9.17, 15) is 14.7 Å². The number of likely N-dealkylation sites (N-methyl/N-ethyl adjacent to an activating group) is 1. The molecule has 1 aliphatic heterocycles. The summed E-state index contributed by atoms with van der Waals surface area (Å²) in [6, 6.07) is 9.11. The Morgan fingerprint density at radius 3 is 2.17 bits per heavy atom. The number of ketones is 1. The maximum absolute atomic E-state index is 13.3. The third-order valence-corrected chi connectivity index (χ3v) is 5.83. The van der Waals surface area contributed by atoms with Gasteiger partial charge in [0.1, 0.15) is 18.1 Å². The van der Waals surface area contributed by atoms with Crippen LogP contribution in [0.15, 0.2) is 54.6 Å². The number of amides is 1. The number of likely N-dealkylation sites (tertiary alicyclic amines) is 1. The molecule has 3 rings (SSSR count). The van der Waals surface area contributed by atoms with Gasteiger partial charge in [0, 0.05) is 18.7 Å². The molecule has 0 radical (unpaired) electrons. The van der Waals surface area contributed by atoms with E-state index in [4.69, 9.17) is 18.9 Å². The Balaban J connectivity index is 2.18. The smallest absolute Gasteiger partial charge is 0.295 e. The molecule has 0 spiro atoms. The van der Waals surface area contributed by atoms with Crippen molar-refractivity contribution in [3.63, 3.8) is 0 Å². The molecular formula is C27H32N2O7. The molecule has 1 atom stereocenters. The average Bonchev–Trinajstić information content (AvgIpc) is 3.14. The molecule has 1 fully saturated rings. The highest BCUT2D eigenvalue weighted by atomic mass is 16.5. The number of methoxy groups -OCH3 is 3. The first-order valence-electron chi connectivity index (χ1n) is 11.3. The third kappa shape index (κ3) is 5.31. The topological polar surface area (TPSA) is 97.8 Å². The van der Waals surface area contributed by atoms with Gasteiger partial charge in [0.05, 0.1) is 32.9 Å². The highest BCUT2D eigenvalue weighted by molar-refractivity contribution is 6.46. The molecule has 36 heavy (non-hydrogen) atoms. The van der Waals surface area contributed by atoms with Gasteiger partial charge in [-0.15, -0.1) is 0 Å². The lowest BCUT2D eigenvalue weighted by atomic mass is 9.94. The third-order valence-electron chi connectivity index (χ3n) is 5.83. The summed E-state index contributed by atoms with van der Waals surface area (Å²) < 4.78 is 21.9. The summed E-state index contributed by atoms with van der Waals surface area (Å²) in [5, 5.41) is 11.3. The number of carbonyl (C=O) groups excluding carboxylic acids is 2. The Morgan fingerprint density at radius 2 is 1.67 bits per heavy atom. The molecular weight excluding hydrogens is 464 g/mol. The van der Waals surface area contributed by atoms with Gasteiger partial charge < -0.3 is 33.9 Å². The van der Waals surface area contributed by atoms with Crippen LogP contribution in [0.1, 0.15) is 17.2 Å². The first-order valence-corrected chi connectivity index (χ1v) is 11.3. The number of aliphatic hydroxyl groups is 1. The van der Waals surface area contributed by atoms with Crippen molar-refractivity contribution in [1.82, 2.24) is 9.80 Å². The summed E-state index contributed by atoms with van der Waals surface area (Å²) >= 11 is 0. The van der Waals surface area contributed by atoms with E-state index >= 15 is 0 Å². The molecule has 2 aromatic rings. The van der Waals surface area contributed by atoms with E-state index in [1.165, 1.54) is 26.2 Å². The molecule has 0 aliphatic carbocycles. The van der Waals surface area contributed by atoms with Gasteiger partial charge in [-0.2, -0.15) is 0 Å². The van der Waals surface area contributed by atoms with Gasteiger partial charge in [0.25, 0.3) is 11.7 Å². The molecule has 1 heterocycles. The number of aliphatic hydroxyl groups excluding tert-OH is 1. The monoisotopic (exact) mass is 496 g/mol. The van der Waals surface area contributed by atoms with Crippen LogP contribution in [0, 0.1) is 0 Å². The normalized spacial score (nSPS) is 16.8. The van der Waals surface area contributed by atoms with Crippen LogP contribution < -0.4 is 18.9 Å². The SMILES string of the molecule is C=CCOc1ccc(C(O)=C2C(=O)C(=O)N(CCN(C)C)[C@@H]2c2cc(OC)c(OC)c(OC)c2)cc1. The Labute approximate surface area is 211 Å². The van der Waals surface area contributed by atoms with E-state index in [-0.39, 0.29) is 17.9 Å². The standard InChI is InChI=1S/C27H32N2O7/c1-7-14-36-19-10-8-17(9-11-19)24(30)22-23(29(13-12-28(2)3)27(32)25(22)31)18-15-20(33-4)26(35-6)21(16-18)34-5/h7-11,15-16,23,30H,1,12-14H2,2-6H3/t23-/m1/s1. The van der Waals surface area contributed by atoms with Gasteiger partial charge in [0.15, 0.2) is 11.5 Å². The van der Waals surface area contributed by atoms with E-state index in [2.05, 4.69) is 6.58 Å². The zero-order valence-electron chi connectivity index (χ0n) is 21.2. The first-order chi connectivity index (χ1) is 17.3. The van der Waals surface area contributed by atoms with Gasteiger partial charge >= 0.3 is 0 Å². The highest BCUT2D eigenvalue weighted by Gasteiger charge is 2.46. The zero-order chi connectivity index (χ0) is 26.4. The van der Waals surface area contributed by atoms with Crippen LogP contribution in [-0.4, -0.2) is 81.7 Å². The van der Waals surface area contributed by atoms with E-state index in [1.807, 2.05) is 19.0 Å². The van der Waals surface area contributed by atoms with Crippen LogP contribution in [0.25, 0.3) is 5.76 Å². The Hall–Kier alpha value is -3.98. The van der Waals surface area contributed by atoms with Crippen molar-refractivity contribution in [3.8, 4) is 23.0 Å². The lowest BCUT2D eigenvalue weighted by Gasteiger charge is -2.27. The van der Waals surface area contributed by atoms with Crippen molar-refractivity contribution in [2.24, 2.45) is 0 Å². The van der Waals surface area contributed by atoms with Gasteiger partial charge in [-0.1, -0.05) is 12.7 Å². The quantitative estimate of drug-likeness (QED) is 0.219. The zero-order valence-corrected chi connectivity index (χ0v) is 21.2. The van der Waals surface area contributed by atoms with Crippen LogP contribution in [0.5, 0.6) is 23.0 Å². The molecule has 0 unspecified atom stereocenters. The summed E-state index contributed by atoms with van der Waals surface area (Å²) in [5.74, 6) is -0.0412. The number of ether oxygens (including phenoxy) is 4. The van der Waals surface area contributed by atoms with Gasteiger partial charge in [0.2, 0.25) is 5.75 Å². The molecule has 1 N–H and O–H groups in total. The van der Waals surface area contributed by atoms with Crippen molar-refractivity contribution in [3.05, 3.63) is 65.8 Å². The predicted molar refractivity (Wildman–Crippen MR) is 136 cm³/mol. The summed E-state index contributed by atoms with van der Waals surface area (Å²) in [6.07, 6.45) is 1.63. The maximum atomic E-state index is 13.3. The fourth-order valence-electron chi connectivity index (χ4n) is 4.04. The Morgan fingerprint density at radius 1 is 1.06 bits per heavy atom. The average molecular weight is 497 g/mol. The van der Waals surface area contributed by atoms with Crippen LogP contribution in [0.2, 0.25) is 0 Å². The second-order valence-electron chi connectivity index (χ2n) is 8.38. The number of carbonyl (C=O) groups is 2. The molecule has 192 valence electrons. The van der Waals surface area contributed by atoms with Crippen molar-refractivity contribution in [2.45, 2.75) is 6.04 Å². The van der Waals surface area contributed by atoms with Gasteiger partial charge in [-0.05, 0) is 56.1 Å². The van der Waals surface area contributed by atoms with Crippen LogP contribution in [0.4, 0.5) is 0 Å². The summed E-state index contributed by atoms with van der Waals surface area (Å²) in [6.45, 7) is 4.74. The van der Waals surface area contributed by atoms with Crippen molar-refractivity contribution >= 4 is 17.4 Å². The Kier molecular flexibility index (Phi) is 8.60. The minimum Gasteiger partial charge on any atom is -0.507 e. The second-order valence-corrected chi connectivity index (χ2v) is 8.38. The molecule has 2 aromatic carbocycles. The Bertz CT molecular complexity index is 1130. The number of hydrogen-bond donors (Lipinski definition) is 1. The van der Waals surface area contributed by atoms with Crippen LogP contribution >= 0.6 is 0 Å². The first kappa shape index (κ1) is 26.6. The maximum Gasteiger partial charge on any atom is 0.295 e. The second kappa shape index (κ2) is 11.6. The highest BCUT2D eigenvalue weighted by Crippen LogP contribution is 2.45. The van der Waals surface area contributed by atoms with E-state index < -0.39 is 17.7 Å². The minimum absolute atomic E-state index is 0.0206. The van der Waals surface area contributed by atoms with Crippen molar-refractivity contribution in [2.75, 3.05) is 55.1 Å². The van der Waals surface area contributed by atoms with E-state index in [0.29, 0.717) is 47.3 Å². The lowest BCUT2D eigenvalue weighted by Crippen LogP contribution is -2.35. The van der Waals surface area contributed by atoms with Crippen molar-refractivity contribution in [1.29, 1.82) is 0 Å². The van der Waals surface area contributed by atoms with Gasteiger partial charge in [-0.3, -0.25) is 9.59 Å². The minimum atomic E-state index is -0.865. The summed E-state index contributed by atoms with van der Waals surface area (Å²) in [5.41, 5.74) is 0.895. The lowest BCUT2D eigenvalue weighted by molar-refractivity contribution is -0.140. The molecule has 1 saturated heterocycles. The van der Waals surface area contributed by atoms with E-state index in [0.717, 1.165) is 0 Å². The number of rotatable bonds is 11. The molecule has 1 amide bonds. The van der Waals surface area contributed by atoms with Gasteiger partial charge in [-0.25, -0.2) is 0 Å².